The summed E-state index contributed by atoms with van der Waals surface area (Å²) in [5.74, 6) is 0.232. The number of carbonyl (C=O) groups is 1. The van der Waals surface area contributed by atoms with Crippen molar-refractivity contribution in [3.63, 3.8) is 0 Å². The van der Waals surface area contributed by atoms with E-state index in [2.05, 4.69) is 29.8 Å². The molecule has 1 saturated heterocycles. The van der Waals surface area contributed by atoms with Crippen molar-refractivity contribution in [2.45, 2.75) is 25.0 Å². The van der Waals surface area contributed by atoms with Crippen LogP contribution in [0.15, 0.2) is 22.7 Å². The van der Waals surface area contributed by atoms with Gasteiger partial charge in [-0.05, 0) is 24.6 Å². The molecular weight excluding hydrogens is 329 g/mol. The lowest BCUT2D eigenvalue weighted by Crippen LogP contribution is -2.34. The fraction of sp³-hybridized carbons (Fsp3) is 0.500. The second-order valence-corrected chi connectivity index (χ2v) is 7.99. The minimum absolute atomic E-state index is 0.160. The molecule has 19 heavy (non-hydrogen) atoms. The summed E-state index contributed by atoms with van der Waals surface area (Å²) in [5.41, 5.74) is 0.160. The summed E-state index contributed by atoms with van der Waals surface area (Å²) in [4.78, 5) is 14.1. The largest absolute Gasteiger partial charge is 0.338 e. The second-order valence-electron chi connectivity index (χ2n) is 5.27. The van der Waals surface area contributed by atoms with Gasteiger partial charge in [-0.25, -0.2) is 4.39 Å². The number of nitrogens with zero attached hydrogens (tertiary/aromatic N) is 1. The Labute approximate surface area is 125 Å². The molecular formula is C14H17BrFNOS. The van der Waals surface area contributed by atoms with Crippen LogP contribution in [0.1, 0.15) is 30.6 Å². The molecule has 0 bridgehead atoms. The Bertz CT molecular complexity index is 492. The third-order valence-corrected chi connectivity index (χ3v) is 5.15. The summed E-state index contributed by atoms with van der Waals surface area (Å²) in [7, 11) is 0. The van der Waals surface area contributed by atoms with Crippen molar-refractivity contribution in [2.24, 2.45) is 0 Å². The van der Waals surface area contributed by atoms with Gasteiger partial charge in [-0.1, -0.05) is 29.8 Å². The molecule has 0 N–H and O–H groups in total. The van der Waals surface area contributed by atoms with Crippen LogP contribution in [0.4, 0.5) is 4.39 Å². The van der Waals surface area contributed by atoms with Crippen molar-refractivity contribution in [1.82, 2.24) is 4.90 Å². The van der Waals surface area contributed by atoms with E-state index in [0.717, 1.165) is 12.2 Å². The number of carbonyl (C=O) groups excluding carboxylic acids is 1. The highest BCUT2D eigenvalue weighted by molar-refractivity contribution is 9.10. The van der Waals surface area contributed by atoms with Gasteiger partial charge in [0.15, 0.2) is 0 Å². The molecule has 0 aliphatic carbocycles. The SMILES string of the molecule is CC1(C)CCN(C(=O)c2ccc(Br)cc2F)CCS1. The van der Waals surface area contributed by atoms with E-state index in [1.54, 1.807) is 17.0 Å². The zero-order valence-corrected chi connectivity index (χ0v) is 13.5. The van der Waals surface area contributed by atoms with E-state index in [0.29, 0.717) is 17.6 Å². The maximum absolute atomic E-state index is 13.8. The van der Waals surface area contributed by atoms with Crippen molar-refractivity contribution in [3.8, 4) is 0 Å². The summed E-state index contributed by atoms with van der Waals surface area (Å²) in [5, 5.41) is 0. The number of halogens is 2. The van der Waals surface area contributed by atoms with Crippen molar-refractivity contribution in [2.75, 3.05) is 18.8 Å². The fourth-order valence-corrected chi connectivity index (χ4v) is 3.49. The normalized spacial score (nSPS) is 19.1. The van der Waals surface area contributed by atoms with Gasteiger partial charge in [-0.2, -0.15) is 11.8 Å². The summed E-state index contributed by atoms with van der Waals surface area (Å²) in [6.45, 7) is 5.74. The minimum atomic E-state index is -0.462. The zero-order chi connectivity index (χ0) is 14.0. The predicted molar refractivity (Wildman–Crippen MR) is 81.2 cm³/mol. The van der Waals surface area contributed by atoms with E-state index in [1.165, 1.54) is 6.07 Å². The van der Waals surface area contributed by atoms with Crippen LogP contribution >= 0.6 is 27.7 Å². The van der Waals surface area contributed by atoms with E-state index in [1.807, 2.05) is 11.8 Å². The Hall–Kier alpha value is -0.550. The first-order chi connectivity index (χ1) is 8.89. The summed E-state index contributed by atoms with van der Waals surface area (Å²) in [6, 6.07) is 4.58. The lowest BCUT2D eigenvalue weighted by molar-refractivity contribution is 0.0760. The van der Waals surface area contributed by atoms with Crippen molar-refractivity contribution >= 4 is 33.6 Å². The lowest BCUT2D eigenvalue weighted by Gasteiger charge is -2.23. The van der Waals surface area contributed by atoms with E-state index in [4.69, 9.17) is 0 Å². The monoisotopic (exact) mass is 345 g/mol. The Kier molecular flexibility index (Phi) is 4.56. The van der Waals surface area contributed by atoms with Crippen molar-refractivity contribution in [3.05, 3.63) is 34.1 Å². The van der Waals surface area contributed by atoms with Crippen LogP contribution in [0.2, 0.25) is 0 Å². The van der Waals surface area contributed by atoms with Gasteiger partial charge in [-0.3, -0.25) is 4.79 Å². The van der Waals surface area contributed by atoms with Gasteiger partial charge in [-0.15, -0.1) is 0 Å². The quantitative estimate of drug-likeness (QED) is 0.768. The zero-order valence-electron chi connectivity index (χ0n) is 11.1. The van der Waals surface area contributed by atoms with Gasteiger partial charge in [0.1, 0.15) is 5.82 Å². The average molecular weight is 346 g/mol. The second kappa shape index (κ2) is 5.83. The third kappa shape index (κ3) is 3.72. The molecule has 1 aliphatic rings. The smallest absolute Gasteiger partial charge is 0.256 e. The van der Waals surface area contributed by atoms with Crippen LogP contribution < -0.4 is 0 Å². The topological polar surface area (TPSA) is 20.3 Å². The van der Waals surface area contributed by atoms with Crippen LogP contribution in [0.25, 0.3) is 0 Å². The molecule has 1 amide bonds. The van der Waals surface area contributed by atoms with Crippen molar-refractivity contribution < 1.29 is 9.18 Å². The van der Waals surface area contributed by atoms with Crippen LogP contribution in [0.3, 0.4) is 0 Å². The molecule has 0 saturated carbocycles. The highest BCUT2D eigenvalue weighted by Gasteiger charge is 2.27. The molecule has 0 unspecified atom stereocenters. The number of amides is 1. The molecule has 0 aromatic heterocycles. The predicted octanol–water partition coefficient (Wildman–Crippen LogP) is 3.95. The molecule has 2 nitrogen and oxygen atoms in total. The molecule has 1 aliphatic heterocycles. The highest BCUT2D eigenvalue weighted by atomic mass is 79.9. The molecule has 0 atom stereocenters. The first-order valence-corrected chi connectivity index (χ1v) is 8.05. The van der Waals surface area contributed by atoms with Crippen LogP contribution in [-0.4, -0.2) is 34.4 Å². The average Bonchev–Trinajstić information content (AvgIpc) is 2.49. The van der Waals surface area contributed by atoms with Crippen LogP contribution in [0.5, 0.6) is 0 Å². The van der Waals surface area contributed by atoms with E-state index in [-0.39, 0.29) is 16.2 Å². The Morgan fingerprint density at radius 3 is 2.84 bits per heavy atom. The van der Waals surface area contributed by atoms with Gasteiger partial charge < -0.3 is 4.90 Å². The molecule has 0 spiro atoms. The fourth-order valence-electron chi connectivity index (χ4n) is 2.06. The molecule has 1 heterocycles. The number of hydrogen-bond acceptors (Lipinski definition) is 2. The number of thioether (sulfide) groups is 1. The van der Waals surface area contributed by atoms with Crippen LogP contribution in [0, 0.1) is 5.82 Å². The molecule has 1 aromatic carbocycles. The Morgan fingerprint density at radius 1 is 1.42 bits per heavy atom. The summed E-state index contributed by atoms with van der Waals surface area (Å²) >= 11 is 5.07. The molecule has 0 radical (unpaired) electrons. The van der Waals surface area contributed by atoms with Crippen LogP contribution in [-0.2, 0) is 0 Å². The maximum Gasteiger partial charge on any atom is 0.256 e. The molecule has 2 rings (SSSR count). The molecule has 104 valence electrons. The standard InChI is InChI=1S/C14H17BrFNOS/c1-14(2)5-6-17(7-8-19-14)13(18)11-4-3-10(15)9-12(11)16/h3-4,9H,5-8H2,1-2H3. The van der Waals surface area contributed by atoms with Gasteiger partial charge in [0.05, 0.1) is 5.56 Å². The number of hydrogen-bond donors (Lipinski definition) is 0. The van der Waals surface area contributed by atoms with Gasteiger partial charge >= 0.3 is 0 Å². The van der Waals surface area contributed by atoms with E-state index < -0.39 is 5.82 Å². The Balaban J connectivity index is 2.15. The molecule has 1 aromatic rings. The van der Waals surface area contributed by atoms with E-state index in [9.17, 15) is 9.18 Å². The minimum Gasteiger partial charge on any atom is -0.338 e. The molecule has 5 heteroatoms. The summed E-state index contributed by atoms with van der Waals surface area (Å²) < 4.78 is 14.7. The third-order valence-electron chi connectivity index (χ3n) is 3.29. The number of benzene rings is 1. The van der Waals surface area contributed by atoms with Gasteiger partial charge in [0, 0.05) is 28.1 Å². The first kappa shape index (κ1) is 14.9. The first-order valence-electron chi connectivity index (χ1n) is 6.27. The van der Waals surface area contributed by atoms with E-state index >= 15 is 0 Å². The molecule has 1 fully saturated rings. The number of rotatable bonds is 1. The summed E-state index contributed by atoms with van der Waals surface area (Å²) in [6.07, 6.45) is 0.932. The van der Waals surface area contributed by atoms with Gasteiger partial charge in [0.25, 0.3) is 5.91 Å². The highest BCUT2D eigenvalue weighted by Crippen LogP contribution is 2.31. The van der Waals surface area contributed by atoms with Gasteiger partial charge in [0.2, 0.25) is 0 Å². The Morgan fingerprint density at radius 2 is 2.16 bits per heavy atom. The maximum atomic E-state index is 13.8. The lowest BCUT2D eigenvalue weighted by atomic mass is 10.1. The van der Waals surface area contributed by atoms with Crippen molar-refractivity contribution in [1.29, 1.82) is 0 Å².